The van der Waals surface area contributed by atoms with Crippen LogP contribution in [0.2, 0.25) is 0 Å². The fourth-order valence-corrected chi connectivity index (χ4v) is 2.75. The summed E-state index contributed by atoms with van der Waals surface area (Å²) in [5.41, 5.74) is 0.983. The van der Waals surface area contributed by atoms with Gasteiger partial charge in [-0.15, -0.1) is 0 Å². The minimum absolute atomic E-state index is 0.0143. The van der Waals surface area contributed by atoms with Crippen molar-refractivity contribution >= 4 is 5.91 Å². The van der Waals surface area contributed by atoms with Crippen LogP contribution >= 0.6 is 0 Å². The van der Waals surface area contributed by atoms with Crippen molar-refractivity contribution in [1.29, 1.82) is 0 Å². The fourth-order valence-electron chi connectivity index (χ4n) is 2.75. The average Bonchev–Trinajstić information content (AvgIpc) is 2.61. The smallest absolute Gasteiger partial charge is 0.254 e. The van der Waals surface area contributed by atoms with E-state index in [-0.39, 0.29) is 11.0 Å². The van der Waals surface area contributed by atoms with Gasteiger partial charge in [0.25, 0.3) is 5.91 Å². The highest BCUT2D eigenvalue weighted by molar-refractivity contribution is 5.94. The molecule has 1 aromatic carbocycles. The minimum Gasteiger partial charge on any atom is -0.496 e. The van der Waals surface area contributed by atoms with Crippen molar-refractivity contribution in [3.63, 3.8) is 0 Å². The average molecular weight is 330 g/mol. The van der Waals surface area contributed by atoms with Gasteiger partial charge in [0.2, 0.25) is 0 Å². The normalized spacial score (nSPS) is 13.2. The van der Waals surface area contributed by atoms with Crippen LogP contribution in [0.15, 0.2) is 42.7 Å². The number of hydrogen-bond donors (Lipinski definition) is 1. The van der Waals surface area contributed by atoms with Gasteiger partial charge < -0.3 is 10.1 Å². The predicted molar refractivity (Wildman–Crippen MR) is 91.8 cm³/mol. The van der Waals surface area contributed by atoms with Crippen LogP contribution in [0.5, 0.6) is 5.75 Å². The number of carbonyl (C=O) groups excluding carboxylic acids is 1. The number of nitrogens with one attached hydrogen (secondary N) is 1. The number of amides is 1. The Bertz CT molecular complexity index is 705. The molecule has 0 aliphatic carbocycles. The molecule has 128 valence electrons. The number of benzene rings is 1. The van der Waals surface area contributed by atoms with Crippen molar-refractivity contribution in [2.75, 3.05) is 13.7 Å². The maximum Gasteiger partial charge on any atom is 0.254 e. The molecule has 0 aliphatic heterocycles. The lowest BCUT2D eigenvalue weighted by Gasteiger charge is -2.30. The molecular weight excluding hydrogens is 307 g/mol. The van der Waals surface area contributed by atoms with Crippen LogP contribution in [-0.4, -0.2) is 24.5 Å². The van der Waals surface area contributed by atoms with E-state index in [2.05, 4.69) is 24.1 Å². The molecule has 0 saturated carbocycles. The maximum absolute atomic E-state index is 13.6. The van der Waals surface area contributed by atoms with Gasteiger partial charge in [0.1, 0.15) is 5.75 Å². The molecule has 0 fully saturated rings. The number of methoxy groups -OCH3 is 1. The molecule has 0 aliphatic rings. The second-order valence-corrected chi connectivity index (χ2v) is 5.98. The number of aromatic nitrogens is 1. The highest BCUT2D eigenvalue weighted by atomic mass is 19.1. The number of halogens is 1. The van der Waals surface area contributed by atoms with Gasteiger partial charge in [-0.2, -0.15) is 0 Å². The third-order valence-electron chi connectivity index (χ3n) is 4.52. The van der Waals surface area contributed by atoms with Crippen molar-refractivity contribution in [1.82, 2.24) is 10.3 Å². The van der Waals surface area contributed by atoms with Gasteiger partial charge in [0.15, 0.2) is 5.82 Å². The Morgan fingerprint density at radius 1 is 1.33 bits per heavy atom. The Morgan fingerprint density at radius 2 is 2.08 bits per heavy atom. The Labute approximate surface area is 142 Å². The van der Waals surface area contributed by atoms with E-state index in [9.17, 15) is 9.18 Å². The van der Waals surface area contributed by atoms with E-state index in [1.165, 1.54) is 12.3 Å². The van der Waals surface area contributed by atoms with E-state index in [1.54, 1.807) is 7.11 Å². The summed E-state index contributed by atoms with van der Waals surface area (Å²) in [7, 11) is 1.66. The number of carbonyl (C=O) groups is 1. The van der Waals surface area contributed by atoms with E-state index in [1.807, 2.05) is 24.3 Å². The fraction of sp³-hybridized carbons (Fsp3) is 0.368. The first-order valence-corrected chi connectivity index (χ1v) is 8.03. The van der Waals surface area contributed by atoms with Crippen molar-refractivity contribution in [2.45, 2.75) is 32.1 Å². The first kappa shape index (κ1) is 17.9. The van der Waals surface area contributed by atoms with Crippen LogP contribution in [0.25, 0.3) is 0 Å². The molecule has 0 spiro atoms. The number of pyridine rings is 1. The van der Waals surface area contributed by atoms with E-state index in [0.29, 0.717) is 6.54 Å². The zero-order valence-electron chi connectivity index (χ0n) is 14.3. The lowest BCUT2D eigenvalue weighted by molar-refractivity contribution is 0.0946. The quantitative estimate of drug-likeness (QED) is 0.842. The van der Waals surface area contributed by atoms with Gasteiger partial charge >= 0.3 is 0 Å². The van der Waals surface area contributed by atoms with E-state index in [0.717, 1.165) is 30.4 Å². The zero-order chi connectivity index (χ0) is 17.6. The van der Waals surface area contributed by atoms with Gasteiger partial charge in [0.05, 0.1) is 18.9 Å². The van der Waals surface area contributed by atoms with Crippen molar-refractivity contribution < 1.29 is 13.9 Å². The predicted octanol–water partition coefficient (Wildman–Crippen LogP) is 3.72. The lowest BCUT2D eigenvalue weighted by atomic mass is 9.77. The largest absolute Gasteiger partial charge is 0.496 e. The molecule has 1 heterocycles. The second kappa shape index (κ2) is 7.90. The van der Waals surface area contributed by atoms with Crippen LogP contribution in [0.4, 0.5) is 4.39 Å². The summed E-state index contributed by atoms with van der Waals surface area (Å²) >= 11 is 0. The number of para-hydroxylation sites is 1. The molecule has 2 aromatic rings. The molecule has 2 rings (SSSR count). The molecule has 1 amide bonds. The Kier molecular flexibility index (Phi) is 5.90. The number of ether oxygens (including phenoxy) is 1. The van der Waals surface area contributed by atoms with E-state index in [4.69, 9.17) is 4.74 Å². The van der Waals surface area contributed by atoms with Crippen LogP contribution < -0.4 is 10.1 Å². The number of nitrogens with zero attached hydrogens (tertiary/aromatic N) is 1. The van der Waals surface area contributed by atoms with Gasteiger partial charge in [0, 0.05) is 18.3 Å². The van der Waals surface area contributed by atoms with Crippen LogP contribution in [0.1, 0.15) is 42.6 Å². The minimum atomic E-state index is -0.613. The second-order valence-electron chi connectivity index (χ2n) is 5.98. The van der Waals surface area contributed by atoms with Gasteiger partial charge in [-0.25, -0.2) is 4.39 Å². The first-order valence-electron chi connectivity index (χ1n) is 8.03. The summed E-state index contributed by atoms with van der Waals surface area (Å²) in [4.78, 5) is 15.7. The van der Waals surface area contributed by atoms with Crippen molar-refractivity contribution in [2.24, 2.45) is 0 Å². The summed E-state index contributed by atoms with van der Waals surface area (Å²) in [6.45, 7) is 4.70. The SMILES string of the molecule is CC[C@@](C)(CCNC(=O)c1ccncc1F)c1ccccc1OC. The molecule has 0 radical (unpaired) electrons. The zero-order valence-corrected chi connectivity index (χ0v) is 14.3. The van der Waals surface area contributed by atoms with Gasteiger partial charge in [-0.1, -0.05) is 32.0 Å². The molecule has 0 saturated heterocycles. The molecule has 4 nitrogen and oxygen atoms in total. The topological polar surface area (TPSA) is 51.2 Å². The van der Waals surface area contributed by atoms with Gasteiger partial charge in [-0.3, -0.25) is 9.78 Å². The number of rotatable bonds is 7. The maximum atomic E-state index is 13.6. The lowest BCUT2D eigenvalue weighted by Crippen LogP contribution is -2.31. The highest BCUT2D eigenvalue weighted by Crippen LogP contribution is 2.36. The van der Waals surface area contributed by atoms with Crippen molar-refractivity contribution in [3.8, 4) is 5.75 Å². The highest BCUT2D eigenvalue weighted by Gasteiger charge is 2.27. The molecular formula is C19H23FN2O2. The molecule has 0 bridgehead atoms. The summed E-state index contributed by atoms with van der Waals surface area (Å²) in [6.07, 6.45) is 4.07. The molecule has 1 N–H and O–H groups in total. The summed E-state index contributed by atoms with van der Waals surface area (Å²) in [5, 5.41) is 2.79. The monoisotopic (exact) mass is 330 g/mol. The summed E-state index contributed by atoms with van der Waals surface area (Å²) in [6, 6.07) is 9.29. The molecule has 0 unspecified atom stereocenters. The Morgan fingerprint density at radius 3 is 2.75 bits per heavy atom. The number of hydrogen-bond acceptors (Lipinski definition) is 3. The third kappa shape index (κ3) is 3.91. The molecule has 5 heteroatoms. The van der Waals surface area contributed by atoms with Crippen LogP contribution in [0.3, 0.4) is 0 Å². The van der Waals surface area contributed by atoms with Gasteiger partial charge in [-0.05, 0) is 30.4 Å². The third-order valence-corrected chi connectivity index (χ3v) is 4.52. The van der Waals surface area contributed by atoms with E-state index >= 15 is 0 Å². The Hall–Kier alpha value is -2.43. The van der Waals surface area contributed by atoms with Crippen LogP contribution in [-0.2, 0) is 5.41 Å². The van der Waals surface area contributed by atoms with E-state index < -0.39 is 11.7 Å². The standard InChI is InChI=1S/C19H23FN2O2/c1-4-19(2,15-7-5-6-8-17(15)24-3)10-12-22-18(23)14-9-11-21-13-16(14)20/h5-9,11,13H,4,10,12H2,1-3H3,(H,22,23)/t19-/m0/s1. The molecule has 1 atom stereocenters. The first-order chi connectivity index (χ1) is 11.5. The van der Waals surface area contributed by atoms with Crippen molar-refractivity contribution in [3.05, 3.63) is 59.7 Å². The summed E-state index contributed by atoms with van der Waals surface area (Å²) in [5.74, 6) is -0.195. The summed E-state index contributed by atoms with van der Waals surface area (Å²) < 4.78 is 19.1. The molecule has 24 heavy (non-hydrogen) atoms. The Balaban J connectivity index is 2.06. The molecule has 1 aromatic heterocycles. The van der Waals surface area contributed by atoms with Crippen LogP contribution in [0, 0.1) is 5.82 Å².